The third-order valence-corrected chi connectivity index (χ3v) is 9.74. The lowest BCUT2D eigenvalue weighted by Gasteiger charge is -2.30. The van der Waals surface area contributed by atoms with Gasteiger partial charge < -0.3 is 10.1 Å². The lowest BCUT2D eigenvalue weighted by molar-refractivity contribution is 0.315. The minimum atomic E-state index is 0.0410. The highest BCUT2D eigenvalue weighted by molar-refractivity contribution is 6.63. The molecule has 0 bridgehead atoms. The van der Waals surface area contributed by atoms with Crippen LogP contribution in [0.2, 0.25) is 0 Å². The summed E-state index contributed by atoms with van der Waals surface area (Å²) in [6.07, 6.45) is 3.75. The van der Waals surface area contributed by atoms with Crippen molar-refractivity contribution in [3.05, 3.63) is 151 Å². The third-order valence-electron chi connectivity index (χ3n) is 9.74. The Labute approximate surface area is 294 Å². The molecule has 10 heteroatoms. The molecule has 9 aromatic rings. The second-order valence-electron chi connectivity index (χ2n) is 12.5. The molecule has 0 spiro atoms. The van der Waals surface area contributed by atoms with E-state index >= 15 is 0 Å². The maximum absolute atomic E-state index is 10.8. The fourth-order valence-electron chi connectivity index (χ4n) is 7.36. The average Bonchev–Trinajstić information content (AvgIpc) is 3.89. The van der Waals surface area contributed by atoms with Gasteiger partial charge in [0.1, 0.15) is 11.0 Å². The molecule has 0 aliphatic heterocycles. The number of nitrogens with one attached hydrogen (secondary N) is 1. The first-order chi connectivity index (χ1) is 25.7. The first-order valence-corrected chi connectivity index (χ1v) is 16.6. The molecule has 2 N–H and O–H groups in total. The van der Waals surface area contributed by atoms with E-state index in [-0.39, 0.29) is 11.4 Å². The molecule has 0 atom stereocenters. The Balaban J connectivity index is 1.21. The zero-order chi connectivity index (χ0) is 34.8. The van der Waals surface area contributed by atoms with E-state index < -0.39 is 0 Å². The van der Waals surface area contributed by atoms with E-state index in [1.54, 1.807) is 6.07 Å². The van der Waals surface area contributed by atoms with Crippen molar-refractivity contribution in [3.8, 4) is 11.1 Å². The maximum atomic E-state index is 10.8. The van der Waals surface area contributed by atoms with Crippen LogP contribution in [-0.4, -0.2) is 37.3 Å². The first kappa shape index (κ1) is 29.5. The van der Waals surface area contributed by atoms with Gasteiger partial charge in [0.2, 0.25) is 0 Å². The van der Waals surface area contributed by atoms with Gasteiger partial charge in [-0.2, -0.15) is 0 Å². The highest BCUT2D eigenvalue weighted by Gasteiger charge is 2.32. The molecule has 0 saturated carbocycles. The molecule has 1 aliphatic carbocycles. The number of hydrogen-bond acceptors (Lipinski definition) is 10. The zero-order valence-electron chi connectivity index (χ0n) is 27.2. The summed E-state index contributed by atoms with van der Waals surface area (Å²) in [7, 11) is 0. The quantitative estimate of drug-likeness (QED) is 0.0796. The van der Waals surface area contributed by atoms with Crippen molar-refractivity contribution in [2.24, 2.45) is 5.16 Å². The predicted molar refractivity (Wildman–Crippen MR) is 203 cm³/mol. The highest BCUT2D eigenvalue weighted by Crippen LogP contribution is 2.43. The van der Waals surface area contributed by atoms with Crippen LogP contribution in [0.15, 0.2) is 160 Å². The Hall–Kier alpha value is -7.46. The van der Waals surface area contributed by atoms with E-state index in [9.17, 15) is 10.6 Å². The molecule has 0 unspecified atom stereocenters. The molecule has 246 valence electrons. The Bertz CT molecular complexity index is 2970. The Morgan fingerprint density at radius 3 is 2.04 bits per heavy atom. The lowest BCUT2D eigenvalue weighted by Crippen LogP contribution is -2.31. The molecule has 10 rings (SSSR count). The van der Waals surface area contributed by atoms with Gasteiger partial charge in [-0.1, -0.05) is 96.2 Å². The molecule has 0 fully saturated rings. The van der Waals surface area contributed by atoms with Crippen LogP contribution in [0.1, 0.15) is 5.56 Å². The Morgan fingerprint density at radius 2 is 1.25 bits per heavy atom. The molecular weight excluding hydrogens is 651 g/mol. The van der Waals surface area contributed by atoms with Gasteiger partial charge in [0.05, 0.1) is 22.8 Å². The van der Waals surface area contributed by atoms with Crippen molar-refractivity contribution in [2.45, 2.75) is 0 Å². The molecule has 7 aromatic carbocycles. The molecule has 52 heavy (non-hydrogen) atoms. The van der Waals surface area contributed by atoms with Gasteiger partial charge in [-0.25, -0.2) is 9.26 Å². The normalized spacial score (nSPS) is 14.2. The van der Waals surface area contributed by atoms with Crippen LogP contribution in [0.3, 0.4) is 0 Å². The summed E-state index contributed by atoms with van der Waals surface area (Å²) >= 11 is 0. The van der Waals surface area contributed by atoms with Crippen LogP contribution in [0, 0.1) is 5.41 Å². The topological polar surface area (TPSA) is 138 Å². The minimum absolute atomic E-state index is 0.0410. The number of anilines is 2. The summed E-state index contributed by atoms with van der Waals surface area (Å²) in [5.41, 5.74) is 6.88. The SMILES string of the molecule is N=C1C(c2c3ccccc3cc3ccccc23)=CC=C(N(c2cccc3nonc23)c2ccc(-c3ccc4ccccc4c3)c3nonc23)/C1=N/O. The van der Waals surface area contributed by atoms with Crippen molar-refractivity contribution in [1.82, 2.24) is 20.6 Å². The van der Waals surface area contributed by atoms with E-state index in [1.165, 1.54) is 0 Å². The van der Waals surface area contributed by atoms with Crippen LogP contribution in [-0.2, 0) is 0 Å². The molecule has 10 nitrogen and oxygen atoms in total. The lowest BCUT2D eigenvalue weighted by atomic mass is 9.85. The van der Waals surface area contributed by atoms with Gasteiger partial charge in [0.15, 0.2) is 16.7 Å². The summed E-state index contributed by atoms with van der Waals surface area (Å²) < 4.78 is 10.6. The standard InChI is InChI=1S/C42H25N7O3/c43-38-32(37-29-12-5-3-10-26(29)23-27-11-4-6-13-30(27)37)19-21-35(41(38)44-50)49(34-15-7-14-33-40(34)47-51-45-33)36-20-18-31(39-42(36)48-52-46-39)28-17-16-24-8-1-2-9-25(24)22-28/h1-23,43,50H/b43-38?,44-41-. The van der Waals surface area contributed by atoms with Crippen LogP contribution in [0.4, 0.5) is 11.4 Å². The number of allylic oxidation sites excluding steroid dienone is 4. The minimum Gasteiger partial charge on any atom is -0.410 e. The van der Waals surface area contributed by atoms with Gasteiger partial charge in [-0.3, -0.25) is 5.41 Å². The molecular formula is C42H25N7O3. The van der Waals surface area contributed by atoms with Crippen LogP contribution in [0.25, 0.3) is 71.1 Å². The number of rotatable bonds is 5. The summed E-state index contributed by atoms with van der Waals surface area (Å²) in [6.45, 7) is 0. The third kappa shape index (κ3) is 4.44. The Morgan fingerprint density at radius 1 is 0.577 bits per heavy atom. The molecule has 2 aromatic heterocycles. The monoisotopic (exact) mass is 675 g/mol. The van der Waals surface area contributed by atoms with Gasteiger partial charge in [0.25, 0.3) is 0 Å². The summed E-state index contributed by atoms with van der Waals surface area (Å²) in [4.78, 5) is 1.83. The summed E-state index contributed by atoms with van der Waals surface area (Å²) in [6, 6.07) is 42.2. The van der Waals surface area contributed by atoms with Crippen molar-refractivity contribution in [2.75, 3.05) is 4.90 Å². The van der Waals surface area contributed by atoms with Gasteiger partial charge >= 0.3 is 0 Å². The van der Waals surface area contributed by atoms with Crippen molar-refractivity contribution in [1.29, 1.82) is 5.41 Å². The van der Waals surface area contributed by atoms with Crippen LogP contribution < -0.4 is 4.90 Å². The largest absolute Gasteiger partial charge is 0.410 e. The number of aromatic nitrogens is 4. The number of oxime groups is 1. The Kier molecular flexibility index (Phi) is 6.55. The van der Waals surface area contributed by atoms with Crippen molar-refractivity contribution in [3.63, 3.8) is 0 Å². The zero-order valence-corrected chi connectivity index (χ0v) is 27.2. The predicted octanol–water partition coefficient (Wildman–Crippen LogP) is 9.85. The molecule has 0 amide bonds. The van der Waals surface area contributed by atoms with Crippen molar-refractivity contribution >= 4 is 82.8 Å². The van der Waals surface area contributed by atoms with E-state index in [0.717, 1.165) is 49.0 Å². The van der Waals surface area contributed by atoms with Gasteiger partial charge in [-0.15, -0.1) is 0 Å². The average molecular weight is 676 g/mol. The van der Waals surface area contributed by atoms with Gasteiger partial charge in [0, 0.05) is 11.1 Å². The van der Waals surface area contributed by atoms with Crippen molar-refractivity contribution < 1.29 is 14.5 Å². The van der Waals surface area contributed by atoms with Crippen LogP contribution >= 0.6 is 0 Å². The van der Waals surface area contributed by atoms with E-state index in [4.69, 9.17) is 9.26 Å². The fraction of sp³-hybridized carbons (Fsp3) is 0. The number of benzene rings is 7. The van der Waals surface area contributed by atoms with E-state index in [2.05, 4.69) is 86.4 Å². The second-order valence-corrected chi connectivity index (χ2v) is 12.5. The maximum Gasteiger partial charge on any atom is 0.159 e. The number of nitrogens with zero attached hydrogens (tertiary/aromatic N) is 6. The van der Waals surface area contributed by atoms with Gasteiger partial charge in [-0.05, 0) is 113 Å². The molecule has 2 heterocycles. The summed E-state index contributed by atoms with van der Waals surface area (Å²) in [5.74, 6) is 0. The van der Waals surface area contributed by atoms with E-state index in [1.807, 2.05) is 77.7 Å². The molecule has 0 saturated heterocycles. The highest BCUT2D eigenvalue weighted by atomic mass is 16.6. The summed E-state index contributed by atoms with van der Waals surface area (Å²) in [5, 5.41) is 47.5. The number of fused-ring (bicyclic) bond motifs is 5. The molecule has 1 aliphatic rings. The fourth-order valence-corrected chi connectivity index (χ4v) is 7.36. The number of hydrogen-bond donors (Lipinski definition) is 2. The van der Waals surface area contributed by atoms with Crippen LogP contribution in [0.5, 0.6) is 0 Å². The first-order valence-electron chi connectivity index (χ1n) is 16.6. The smallest absolute Gasteiger partial charge is 0.159 e. The second kappa shape index (κ2) is 11.6. The molecule has 0 radical (unpaired) electrons. The van der Waals surface area contributed by atoms with E-state index in [0.29, 0.717) is 44.7 Å².